The fourth-order valence-corrected chi connectivity index (χ4v) is 3.78. The highest BCUT2D eigenvalue weighted by molar-refractivity contribution is 7.99. The lowest BCUT2D eigenvalue weighted by molar-refractivity contribution is 0.410. The number of hydrogen-bond donors (Lipinski definition) is 0. The van der Waals surface area contributed by atoms with Gasteiger partial charge in [-0.05, 0) is 45.8 Å². The zero-order valence-corrected chi connectivity index (χ0v) is 13.6. The average Bonchev–Trinajstić information content (AvgIpc) is 3.24. The lowest BCUT2D eigenvalue weighted by atomic mass is 10.3. The maximum atomic E-state index is 5.38. The van der Waals surface area contributed by atoms with Gasteiger partial charge in [0.2, 0.25) is 5.16 Å². The maximum absolute atomic E-state index is 5.38. The number of aromatic nitrogens is 6. The number of para-hydroxylation sites is 2. The molecule has 0 atom stereocenters. The van der Waals surface area contributed by atoms with Crippen LogP contribution >= 0.6 is 23.1 Å². The first-order valence-electron chi connectivity index (χ1n) is 6.64. The van der Waals surface area contributed by atoms with Crippen LogP contribution in [0.25, 0.3) is 15.9 Å². The van der Waals surface area contributed by atoms with Crippen LogP contribution < -0.4 is 4.74 Å². The predicted octanol–water partition coefficient (Wildman–Crippen LogP) is 2.83. The molecule has 0 saturated heterocycles. The van der Waals surface area contributed by atoms with Gasteiger partial charge in [0, 0.05) is 5.39 Å². The van der Waals surface area contributed by atoms with E-state index >= 15 is 0 Å². The molecule has 0 unspecified atom stereocenters. The van der Waals surface area contributed by atoms with E-state index in [-0.39, 0.29) is 0 Å². The Balaban J connectivity index is 1.77. The van der Waals surface area contributed by atoms with Gasteiger partial charge >= 0.3 is 0 Å². The second-order valence-corrected chi connectivity index (χ2v) is 6.32. The monoisotopic (exact) mass is 342 g/mol. The van der Waals surface area contributed by atoms with Gasteiger partial charge in [0.1, 0.15) is 27.6 Å². The Kier molecular flexibility index (Phi) is 3.64. The van der Waals surface area contributed by atoms with E-state index in [2.05, 4.69) is 25.5 Å². The summed E-state index contributed by atoms with van der Waals surface area (Å²) in [5.41, 5.74) is 0.776. The second-order valence-electron chi connectivity index (χ2n) is 4.47. The smallest absolute Gasteiger partial charge is 0.220 e. The number of hydrogen-bond acceptors (Lipinski definition) is 8. The quantitative estimate of drug-likeness (QED) is 0.528. The molecular formula is C14H10N6OS2. The molecule has 0 saturated carbocycles. The molecule has 1 aromatic carbocycles. The van der Waals surface area contributed by atoms with E-state index in [9.17, 15) is 0 Å². The average molecular weight is 342 g/mol. The molecule has 0 bridgehead atoms. The van der Waals surface area contributed by atoms with E-state index in [4.69, 9.17) is 4.74 Å². The summed E-state index contributed by atoms with van der Waals surface area (Å²) in [6.45, 7) is 0. The van der Waals surface area contributed by atoms with Gasteiger partial charge in [-0.1, -0.05) is 12.1 Å². The number of tetrazole rings is 1. The molecule has 3 aromatic heterocycles. The zero-order valence-electron chi connectivity index (χ0n) is 11.9. The normalized spacial score (nSPS) is 11.0. The molecule has 4 aromatic rings. The highest BCUT2D eigenvalue weighted by Crippen LogP contribution is 2.33. The third-order valence-corrected chi connectivity index (χ3v) is 4.94. The van der Waals surface area contributed by atoms with Crippen molar-refractivity contribution in [3.05, 3.63) is 42.0 Å². The minimum Gasteiger partial charge on any atom is -0.494 e. The van der Waals surface area contributed by atoms with Crippen molar-refractivity contribution >= 4 is 33.3 Å². The van der Waals surface area contributed by atoms with Crippen LogP contribution in [0.15, 0.2) is 52.2 Å². The minimum absolute atomic E-state index is 0.612. The van der Waals surface area contributed by atoms with Crippen LogP contribution in [0.2, 0.25) is 0 Å². The highest BCUT2D eigenvalue weighted by atomic mass is 32.2. The standard InChI is InChI=1S/C14H10N6OS2/c1-21-11-5-3-2-4-10(11)20-14(17-18-19-20)23-13-9-6-7-22-12(9)15-8-16-13/h2-8H,1H3. The summed E-state index contributed by atoms with van der Waals surface area (Å²) in [5.74, 6) is 0.699. The van der Waals surface area contributed by atoms with Crippen molar-refractivity contribution in [2.45, 2.75) is 10.2 Å². The maximum Gasteiger partial charge on any atom is 0.220 e. The van der Waals surface area contributed by atoms with Crippen molar-refractivity contribution in [3.8, 4) is 11.4 Å². The van der Waals surface area contributed by atoms with Crippen LogP contribution in [0, 0.1) is 0 Å². The Morgan fingerprint density at radius 2 is 2.09 bits per heavy atom. The van der Waals surface area contributed by atoms with Crippen molar-refractivity contribution in [2.75, 3.05) is 7.11 Å². The molecule has 0 spiro atoms. The van der Waals surface area contributed by atoms with Gasteiger partial charge in [-0.2, -0.15) is 4.68 Å². The van der Waals surface area contributed by atoms with Crippen molar-refractivity contribution in [1.29, 1.82) is 0 Å². The van der Waals surface area contributed by atoms with Gasteiger partial charge in [0.25, 0.3) is 0 Å². The van der Waals surface area contributed by atoms with Crippen molar-refractivity contribution in [3.63, 3.8) is 0 Å². The van der Waals surface area contributed by atoms with Crippen LogP contribution in [0.5, 0.6) is 5.75 Å². The summed E-state index contributed by atoms with van der Waals surface area (Å²) in [7, 11) is 1.62. The number of benzene rings is 1. The lowest BCUT2D eigenvalue weighted by Crippen LogP contribution is -2.01. The van der Waals surface area contributed by atoms with Crippen LogP contribution in [-0.2, 0) is 0 Å². The Morgan fingerprint density at radius 1 is 1.17 bits per heavy atom. The van der Waals surface area contributed by atoms with E-state index in [0.29, 0.717) is 10.9 Å². The SMILES string of the molecule is COc1ccccc1-n1nnnc1Sc1ncnc2sccc12. The number of thiophene rings is 1. The summed E-state index contributed by atoms with van der Waals surface area (Å²) in [5, 5.41) is 16.4. The first kappa shape index (κ1) is 14.1. The molecule has 3 heterocycles. The Morgan fingerprint density at radius 3 is 3.00 bits per heavy atom. The molecule has 4 rings (SSSR count). The fourth-order valence-electron chi connectivity index (χ4n) is 2.13. The van der Waals surface area contributed by atoms with Gasteiger partial charge in [0.15, 0.2) is 0 Å². The largest absolute Gasteiger partial charge is 0.494 e. The number of rotatable bonds is 4. The summed E-state index contributed by atoms with van der Waals surface area (Å²) in [6.07, 6.45) is 1.55. The molecule has 0 amide bonds. The predicted molar refractivity (Wildman–Crippen MR) is 87.2 cm³/mol. The van der Waals surface area contributed by atoms with Crippen molar-refractivity contribution < 1.29 is 4.74 Å². The molecule has 0 aliphatic heterocycles. The van der Waals surface area contributed by atoms with Crippen LogP contribution in [0.4, 0.5) is 0 Å². The lowest BCUT2D eigenvalue weighted by Gasteiger charge is -2.08. The minimum atomic E-state index is 0.612. The van der Waals surface area contributed by atoms with Gasteiger partial charge < -0.3 is 4.74 Å². The molecule has 23 heavy (non-hydrogen) atoms. The molecule has 0 fully saturated rings. The number of ether oxygens (including phenoxy) is 1. The highest BCUT2D eigenvalue weighted by Gasteiger charge is 2.16. The molecule has 7 nitrogen and oxygen atoms in total. The van der Waals surface area contributed by atoms with Gasteiger partial charge in [-0.25, -0.2) is 9.97 Å². The van der Waals surface area contributed by atoms with Gasteiger partial charge in [-0.15, -0.1) is 16.4 Å². The summed E-state index contributed by atoms with van der Waals surface area (Å²) >= 11 is 2.97. The summed E-state index contributed by atoms with van der Waals surface area (Å²) in [4.78, 5) is 9.55. The second kappa shape index (κ2) is 5.94. The topological polar surface area (TPSA) is 78.6 Å². The molecular weight excluding hydrogens is 332 g/mol. The first-order valence-corrected chi connectivity index (χ1v) is 8.34. The summed E-state index contributed by atoms with van der Waals surface area (Å²) < 4.78 is 7.03. The molecule has 114 valence electrons. The van der Waals surface area contributed by atoms with Crippen LogP contribution in [-0.4, -0.2) is 37.3 Å². The van der Waals surface area contributed by atoms with E-state index in [1.165, 1.54) is 11.8 Å². The summed E-state index contributed by atoms with van der Waals surface area (Å²) in [6, 6.07) is 9.58. The zero-order chi connectivity index (χ0) is 15.6. The molecule has 0 aliphatic rings. The first-order chi connectivity index (χ1) is 11.4. The number of nitrogens with zero attached hydrogens (tertiary/aromatic N) is 6. The van der Waals surface area contributed by atoms with E-state index < -0.39 is 0 Å². The van der Waals surface area contributed by atoms with E-state index in [0.717, 1.165) is 20.9 Å². The van der Waals surface area contributed by atoms with Crippen molar-refractivity contribution in [2.24, 2.45) is 0 Å². The van der Waals surface area contributed by atoms with Gasteiger partial charge in [-0.3, -0.25) is 0 Å². The van der Waals surface area contributed by atoms with Crippen LogP contribution in [0.1, 0.15) is 0 Å². The van der Waals surface area contributed by atoms with Crippen LogP contribution in [0.3, 0.4) is 0 Å². The molecule has 0 N–H and O–H groups in total. The molecule has 9 heteroatoms. The fraction of sp³-hybridized carbons (Fsp3) is 0.0714. The van der Waals surface area contributed by atoms with E-state index in [1.54, 1.807) is 29.5 Å². The number of fused-ring (bicyclic) bond motifs is 1. The van der Waals surface area contributed by atoms with Gasteiger partial charge in [0.05, 0.1) is 7.11 Å². The molecule has 0 radical (unpaired) electrons. The number of methoxy groups -OCH3 is 1. The van der Waals surface area contributed by atoms with E-state index in [1.807, 2.05) is 35.7 Å². The Bertz CT molecular complexity index is 966. The third kappa shape index (κ3) is 2.53. The Labute approximate surface area is 139 Å². The molecule has 0 aliphatic carbocycles. The third-order valence-electron chi connectivity index (χ3n) is 3.17. The van der Waals surface area contributed by atoms with Crippen molar-refractivity contribution in [1.82, 2.24) is 30.2 Å². The Hall–Kier alpha value is -2.52.